The first kappa shape index (κ1) is 17.8. The molecule has 0 bridgehead atoms. The first-order chi connectivity index (χ1) is 12.2. The molecule has 1 saturated carbocycles. The Morgan fingerprint density at radius 3 is 2.72 bits per heavy atom. The summed E-state index contributed by atoms with van der Waals surface area (Å²) in [5.41, 5.74) is 0.935. The number of unbranched alkanes of at least 4 members (excludes halogenated alkanes) is 1. The average Bonchev–Trinajstić information content (AvgIpc) is 3.44. The highest BCUT2D eigenvalue weighted by Crippen LogP contribution is 2.41. The van der Waals surface area contributed by atoms with Crippen molar-refractivity contribution in [2.24, 2.45) is 5.92 Å². The molecule has 136 valence electrons. The minimum Gasteiger partial charge on any atom is -0.496 e. The van der Waals surface area contributed by atoms with Crippen LogP contribution in [0.4, 0.5) is 0 Å². The number of carbonyl (C=O) groups excluding carboxylic acids is 2. The van der Waals surface area contributed by atoms with Crippen LogP contribution in [0.5, 0.6) is 5.75 Å². The van der Waals surface area contributed by atoms with Crippen LogP contribution in [0, 0.1) is 5.92 Å². The molecule has 25 heavy (non-hydrogen) atoms. The van der Waals surface area contributed by atoms with Gasteiger partial charge in [-0.3, -0.25) is 9.59 Å². The van der Waals surface area contributed by atoms with E-state index in [4.69, 9.17) is 4.74 Å². The van der Waals surface area contributed by atoms with Gasteiger partial charge >= 0.3 is 0 Å². The van der Waals surface area contributed by atoms with Crippen LogP contribution in [0.2, 0.25) is 0 Å². The monoisotopic (exact) mass is 344 g/mol. The number of hydrogen-bond acceptors (Lipinski definition) is 3. The lowest BCUT2D eigenvalue weighted by Crippen LogP contribution is -2.48. The molecule has 1 N–H and O–H groups in total. The summed E-state index contributed by atoms with van der Waals surface area (Å²) in [6.45, 7) is 2.80. The molecule has 3 rings (SSSR count). The fraction of sp³-hybridized carbons (Fsp3) is 0.600. The van der Waals surface area contributed by atoms with Gasteiger partial charge in [0.05, 0.1) is 19.1 Å². The second-order valence-corrected chi connectivity index (χ2v) is 7.06. The second-order valence-electron chi connectivity index (χ2n) is 7.06. The van der Waals surface area contributed by atoms with Crippen molar-refractivity contribution in [2.75, 3.05) is 13.7 Å². The first-order valence-electron chi connectivity index (χ1n) is 9.38. The standard InChI is InChI=1S/C20H28N2O3/c1-3-4-13-22-18(23)12-11-16(20(24)21-14-9-10-14)19(22)15-7-5-6-8-17(15)25-2/h5-8,14,16,19H,3-4,9-13H2,1-2H3,(H,21,24)/t16-,19-/m0/s1. The number of carbonyl (C=O) groups is 2. The van der Waals surface area contributed by atoms with Gasteiger partial charge in [-0.25, -0.2) is 0 Å². The Hall–Kier alpha value is -2.04. The van der Waals surface area contributed by atoms with E-state index in [0.717, 1.165) is 37.0 Å². The molecule has 2 atom stereocenters. The molecule has 0 radical (unpaired) electrons. The molecule has 5 nitrogen and oxygen atoms in total. The highest BCUT2D eigenvalue weighted by Gasteiger charge is 2.42. The van der Waals surface area contributed by atoms with Gasteiger partial charge in [0.2, 0.25) is 11.8 Å². The van der Waals surface area contributed by atoms with Crippen LogP contribution in [-0.2, 0) is 9.59 Å². The molecule has 1 aliphatic carbocycles. The van der Waals surface area contributed by atoms with E-state index in [1.54, 1.807) is 7.11 Å². The van der Waals surface area contributed by atoms with Gasteiger partial charge in [0.1, 0.15) is 5.75 Å². The van der Waals surface area contributed by atoms with E-state index in [9.17, 15) is 9.59 Å². The van der Waals surface area contributed by atoms with Gasteiger partial charge in [-0.1, -0.05) is 31.5 Å². The summed E-state index contributed by atoms with van der Waals surface area (Å²) in [6.07, 6.45) is 5.13. The van der Waals surface area contributed by atoms with Crippen LogP contribution in [0.3, 0.4) is 0 Å². The zero-order valence-corrected chi connectivity index (χ0v) is 15.2. The Morgan fingerprint density at radius 1 is 1.28 bits per heavy atom. The van der Waals surface area contributed by atoms with Crippen molar-refractivity contribution in [2.45, 2.75) is 57.5 Å². The Kier molecular flexibility index (Phi) is 5.61. The lowest BCUT2D eigenvalue weighted by molar-refractivity contribution is -0.143. The van der Waals surface area contributed by atoms with Crippen molar-refractivity contribution >= 4 is 11.8 Å². The topological polar surface area (TPSA) is 58.6 Å². The maximum Gasteiger partial charge on any atom is 0.225 e. The Balaban J connectivity index is 1.94. The van der Waals surface area contributed by atoms with Gasteiger partial charge in [-0.05, 0) is 31.7 Å². The zero-order valence-electron chi connectivity index (χ0n) is 15.2. The lowest BCUT2D eigenvalue weighted by Gasteiger charge is -2.41. The number of rotatable bonds is 7. The third-order valence-corrected chi connectivity index (χ3v) is 5.18. The summed E-state index contributed by atoms with van der Waals surface area (Å²) in [5.74, 6) is 0.742. The molecule has 0 unspecified atom stereocenters. The predicted molar refractivity (Wildman–Crippen MR) is 96.2 cm³/mol. The molecule has 1 heterocycles. The van der Waals surface area contributed by atoms with Crippen LogP contribution in [0.15, 0.2) is 24.3 Å². The highest BCUT2D eigenvalue weighted by molar-refractivity contribution is 5.85. The minimum atomic E-state index is -0.248. The molecule has 1 aliphatic heterocycles. The maximum atomic E-state index is 12.9. The van der Waals surface area contributed by atoms with Crippen LogP contribution in [0.25, 0.3) is 0 Å². The van der Waals surface area contributed by atoms with Crippen LogP contribution in [0.1, 0.15) is 57.1 Å². The van der Waals surface area contributed by atoms with E-state index in [-0.39, 0.29) is 23.8 Å². The first-order valence-corrected chi connectivity index (χ1v) is 9.38. The van der Waals surface area contributed by atoms with Crippen molar-refractivity contribution in [3.05, 3.63) is 29.8 Å². The highest BCUT2D eigenvalue weighted by atomic mass is 16.5. The van der Waals surface area contributed by atoms with E-state index in [0.29, 0.717) is 25.4 Å². The van der Waals surface area contributed by atoms with Gasteiger partial charge in [0.25, 0.3) is 0 Å². The number of hydrogen-bond donors (Lipinski definition) is 1. The van der Waals surface area contributed by atoms with Gasteiger partial charge < -0.3 is 15.0 Å². The normalized spacial score (nSPS) is 23.4. The quantitative estimate of drug-likeness (QED) is 0.827. The van der Waals surface area contributed by atoms with Gasteiger partial charge in [0, 0.05) is 24.6 Å². The number of likely N-dealkylation sites (tertiary alicyclic amines) is 1. The van der Waals surface area contributed by atoms with E-state index < -0.39 is 0 Å². The van der Waals surface area contributed by atoms with Crippen LogP contribution in [-0.4, -0.2) is 36.4 Å². The molecule has 2 fully saturated rings. The number of benzene rings is 1. The fourth-order valence-corrected chi connectivity index (χ4v) is 3.65. The molecule has 1 aromatic rings. The third kappa shape index (κ3) is 3.97. The van der Waals surface area contributed by atoms with Crippen molar-refractivity contribution in [1.82, 2.24) is 10.2 Å². The van der Waals surface area contributed by atoms with E-state index in [1.807, 2.05) is 29.2 Å². The van der Waals surface area contributed by atoms with E-state index in [2.05, 4.69) is 12.2 Å². The molecule has 1 aromatic carbocycles. The minimum absolute atomic E-state index is 0.0763. The fourth-order valence-electron chi connectivity index (χ4n) is 3.65. The molecule has 2 amide bonds. The van der Waals surface area contributed by atoms with Crippen molar-refractivity contribution in [3.8, 4) is 5.75 Å². The number of piperidine rings is 1. The second kappa shape index (κ2) is 7.89. The molecular formula is C20H28N2O3. The third-order valence-electron chi connectivity index (χ3n) is 5.18. The van der Waals surface area contributed by atoms with E-state index >= 15 is 0 Å². The predicted octanol–water partition coefficient (Wildman–Crippen LogP) is 3.05. The number of nitrogens with zero attached hydrogens (tertiary/aromatic N) is 1. The number of ether oxygens (including phenoxy) is 1. The molecule has 0 spiro atoms. The summed E-state index contributed by atoms with van der Waals surface area (Å²) >= 11 is 0. The Labute approximate surface area is 149 Å². The zero-order chi connectivity index (χ0) is 17.8. The lowest BCUT2D eigenvalue weighted by atomic mass is 9.83. The SMILES string of the molecule is CCCCN1C(=O)CC[C@H](C(=O)NC2CC2)[C@@H]1c1ccccc1OC. The van der Waals surface area contributed by atoms with Crippen LogP contribution < -0.4 is 10.1 Å². The summed E-state index contributed by atoms with van der Waals surface area (Å²) in [6, 6.07) is 7.84. The summed E-state index contributed by atoms with van der Waals surface area (Å²) in [7, 11) is 1.64. The maximum absolute atomic E-state index is 12.9. The van der Waals surface area contributed by atoms with Crippen molar-refractivity contribution in [3.63, 3.8) is 0 Å². The van der Waals surface area contributed by atoms with Crippen molar-refractivity contribution in [1.29, 1.82) is 0 Å². The largest absolute Gasteiger partial charge is 0.496 e. The summed E-state index contributed by atoms with van der Waals surface area (Å²) in [4.78, 5) is 27.4. The smallest absolute Gasteiger partial charge is 0.225 e. The van der Waals surface area contributed by atoms with Crippen molar-refractivity contribution < 1.29 is 14.3 Å². The molecule has 5 heteroatoms. The van der Waals surface area contributed by atoms with Crippen LogP contribution >= 0.6 is 0 Å². The van der Waals surface area contributed by atoms with Gasteiger partial charge in [0.15, 0.2) is 0 Å². The Bertz CT molecular complexity index is 627. The molecule has 2 aliphatic rings. The number of amides is 2. The Morgan fingerprint density at radius 2 is 2.04 bits per heavy atom. The molecular weight excluding hydrogens is 316 g/mol. The molecule has 0 aromatic heterocycles. The average molecular weight is 344 g/mol. The summed E-state index contributed by atoms with van der Waals surface area (Å²) < 4.78 is 5.54. The number of nitrogens with one attached hydrogen (secondary N) is 1. The van der Waals surface area contributed by atoms with Gasteiger partial charge in [-0.2, -0.15) is 0 Å². The van der Waals surface area contributed by atoms with E-state index in [1.165, 1.54) is 0 Å². The number of methoxy groups -OCH3 is 1. The van der Waals surface area contributed by atoms with Gasteiger partial charge in [-0.15, -0.1) is 0 Å². The number of para-hydroxylation sites is 1. The summed E-state index contributed by atoms with van der Waals surface area (Å²) in [5, 5.41) is 3.13. The molecule has 1 saturated heterocycles.